The highest BCUT2D eigenvalue weighted by Crippen LogP contribution is 2.57. The van der Waals surface area contributed by atoms with Crippen LogP contribution >= 0.6 is 181 Å². The standard InChI is InChI=1S/C19H26S2.2C16H22S2.C15H20S2.2C14H18S2.C14H12S2.C13H16S2/c1-13-12-16-18(20-13)14(2)17(21-16)15-6-10-19(11-7-15)8-4-3-5-9-19;2*1-10-9-13-15(17-10)11(2)14(18-13)12-5-7-16(3,4)8-6-12;1-10-8-12-14(16-10)11(2)13(17-12)9-15(3)6-4-5-7-15;1-9-7-13-14(15-9)10(2)12(16-13)8-11-5-3-4-6-11;2*1-9-8-12-14(15-9)10(2)13(16-12)11-6-4-3-5-7-11;1-8-7-11-13(14-8)9(2)12(15-11)10-5-3-4-6-10/h12,15H,3-11H2,1-2H3;2*9,12H,5-8H2,1-4H3;8H,4-7,9H2,1-3H3;7,11H,3-6,8H2,1-2H3;8,11H,3-7H2,1-2H3;3-8H,1-2H3;7,10H,3-6H2,1-2H3. The molecule has 0 bridgehead atoms. The predicted molar refractivity (Wildman–Crippen MR) is 639 cm³/mol. The average Bonchev–Trinajstić information content (AvgIpc) is 1.65. The van der Waals surface area contributed by atoms with Crippen molar-refractivity contribution in [1.82, 2.24) is 0 Å². The summed E-state index contributed by atoms with van der Waals surface area (Å²) in [4.78, 5) is 24.8. The molecule has 0 aliphatic heterocycles. The molecule has 0 atom stereocenters. The molecule has 0 nitrogen and oxygen atoms in total. The maximum atomic E-state index is 2.48. The van der Waals surface area contributed by atoms with Gasteiger partial charge < -0.3 is 0 Å². The molecule has 16 aromatic heterocycles. The molecular formula is C121H154S16. The molecule has 8 aliphatic rings. The van der Waals surface area contributed by atoms with Crippen LogP contribution in [0.25, 0.3) is 85.6 Å². The molecule has 8 saturated carbocycles. The van der Waals surface area contributed by atoms with Crippen molar-refractivity contribution in [1.29, 1.82) is 0 Å². The maximum Gasteiger partial charge on any atom is 0.0489 e. The van der Waals surface area contributed by atoms with Crippen LogP contribution in [0.3, 0.4) is 0 Å². The third-order valence-corrected chi connectivity index (χ3v) is 54.1. The van der Waals surface area contributed by atoms with Gasteiger partial charge in [-0.2, -0.15) is 0 Å². The van der Waals surface area contributed by atoms with Crippen LogP contribution in [-0.4, -0.2) is 0 Å². The van der Waals surface area contributed by atoms with Crippen molar-refractivity contribution in [3.8, 4) is 10.4 Å². The fourth-order valence-electron chi connectivity index (χ4n) is 24.7. The van der Waals surface area contributed by atoms with Crippen molar-refractivity contribution in [3.05, 3.63) is 197 Å². The normalized spacial score (nSPS) is 18.8. The molecular weight excluding hydrogens is 1970 g/mol. The molecule has 0 unspecified atom stereocenters. The molecule has 1 aromatic carbocycles. The van der Waals surface area contributed by atoms with E-state index in [1.165, 1.54) is 324 Å². The Balaban J connectivity index is 0.000000104. The van der Waals surface area contributed by atoms with Crippen LogP contribution in [0.1, 0.15) is 400 Å². The Bertz CT molecular complexity index is 6760. The molecule has 25 rings (SSSR count). The number of hydrogen-bond acceptors (Lipinski definition) is 16. The molecule has 0 amide bonds. The second kappa shape index (κ2) is 44.7. The van der Waals surface area contributed by atoms with Crippen LogP contribution in [0, 0.1) is 138 Å². The largest absolute Gasteiger partial charge is 0.139 e. The number of benzene rings is 1. The number of thiophene rings is 16. The molecule has 734 valence electrons. The number of fused-ring (bicyclic) bond motifs is 8. The third-order valence-electron chi connectivity index (χ3n) is 32.9. The van der Waals surface area contributed by atoms with Gasteiger partial charge in [0, 0.05) is 153 Å². The lowest BCUT2D eigenvalue weighted by Crippen LogP contribution is -2.29. The minimum absolute atomic E-state index is 0.579. The van der Waals surface area contributed by atoms with E-state index in [0.717, 1.165) is 40.9 Å². The lowest BCUT2D eigenvalue weighted by molar-refractivity contribution is 0.115. The number of aryl methyl sites for hydroxylation is 16. The van der Waals surface area contributed by atoms with Crippen LogP contribution < -0.4 is 0 Å². The van der Waals surface area contributed by atoms with E-state index >= 15 is 0 Å². The minimum atomic E-state index is 0.579. The Kier molecular flexibility index (Phi) is 33.7. The number of hydrogen-bond donors (Lipinski definition) is 0. The fourth-order valence-corrected chi connectivity index (χ4v) is 46.1. The average molecular weight is 2120 g/mol. The van der Waals surface area contributed by atoms with Gasteiger partial charge in [0.05, 0.1) is 0 Å². The molecule has 0 radical (unpaired) electrons. The van der Waals surface area contributed by atoms with Gasteiger partial charge in [0.2, 0.25) is 0 Å². The Hall–Kier alpha value is -3.50. The Morgan fingerprint density at radius 3 is 0.825 bits per heavy atom. The van der Waals surface area contributed by atoms with Gasteiger partial charge in [-0.1, -0.05) is 155 Å². The molecule has 0 N–H and O–H groups in total. The molecule has 8 fully saturated rings. The lowest BCUT2D eigenvalue weighted by Gasteiger charge is -2.43. The first-order chi connectivity index (χ1) is 65.7. The summed E-state index contributed by atoms with van der Waals surface area (Å²) in [5.41, 5.74) is 16.4. The van der Waals surface area contributed by atoms with E-state index in [1.54, 1.807) is 111 Å². The van der Waals surface area contributed by atoms with Crippen LogP contribution in [-0.2, 0) is 12.8 Å². The summed E-state index contributed by atoms with van der Waals surface area (Å²) in [7, 11) is 0. The highest BCUT2D eigenvalue weighted by atomic mass is 32.2. The SMILES string of the molecule is Cc1cc2sc(-c3ccccc3)c(C)c2s1.Cc1cc2sc(C3CCC(C)(C)CC3)c(C)c2s1.Cc1cc2sc(C3CCC(C)(C)CC3)c(C)c2s1.Cc1cc2sc(C3CCC4(CCCCC4)CC3)c(C)c2s1.Cc1cc2sc(C3CCCC3)c(C)c2s1.Cc1cc2sc(C3CCCCC3)c(C)c2s1.Cc1cc2sc(CC3(C)CCCC3)c(C)c2s1.Cc1cc2sc(CC3CCCC3)c(C)c2s1. The highest BCUT2D eigenvalue weighted by Gasteiger charge is 2.39. The van der Waals surface area contributed by atoms with Gasteiger partial charge in [-0.25, -0.2) is 0 Å². The molecule has 16 heteroatoms. The molecule has 1 spiro atoms. The predicted octanol–water partition coefficient (Wildman–Crippen LogP) is 46.8. The molecule has 17 aromatic rings. The van der Waals surface area contributed by atoms with Crippen LogP contribution in [0.2, 0.25) is 0 Å². The molecule has 8 aliphatic carbocycles. The quantitative estimate of drug-likeness (QED) is 0.128. The topological polar surface area (TPSA) is 0 Å². The summed E-state index contributed by atoms with van der Waals surface area (Å²) in [6, 6.07) is 29.5. The zero-order valence-corrected chi connectivity index (χ0v) is 99.5. The lowest BCUT2D eigenvalue weighted by atomic mass is 9.63. The van der Waals surface area contributed by atoms with Crippen LogP contribution in [0.15, 0.2) is 78.9 Å². The van der Waals surface area contributed by atoms with Gasteiger partial charge in [0.1, 0.15) is 0 Å². The van der Waals surface area contributed by atoms with Crippen molar-refractivity contribution >= 4 is 257 Å². The van der Waals surface area contributed by atoms with Crippen molar-refractivity contribution in [3.63, 3.8) is 0 Å². The minimum Gasteiger partial charge on any atom is -0.139 e. The number of rotatable bonds is 10. The summed E-state index contributed by atoms with van der Waals surface area (Å²) in [6.07, 6.45) is 51.7. The zero-order chi connectivity index (χ0) is 96.1. The van der Waals surface area contributed by atoms with E-state index in [4.69, 9.17) is 0 Å². The summed E-state index contributed by atoms with van der Waals surface area (Å²) in [5, 5.41) is 0. The Morgan fingerprint density at radius 1 is 0.234 bits per heavy atom. The van der Waals surface area contributed by atoms with E-state index in [-0.39, 0.29) is 0 Å². The van der Waals surface area contributed by atoms with Crippen LogP contribution in [0.4, 0.5) is 0 Å². The Labute approximate surface area is 887 Å². The summed E-state index contributed by atoms with van der Waals surface area (Å²) in [6.45, 7) is 48.5. The van der Waals surface area contributed by atoms with E-state index in [1.807, 2.05) is 125 Å². The van der Waals surface area contributed by atoms with E-state index < -0.39 is 0 Å². The monoisotopic (exact) mass is 2120 g/mol. The van der Waals surface area contributed by atoms with Gasteiger partial charge in [-0.15, -0.1) is 181 Å². The third kappa shape index (κ3) is 24.0. The van der Waals surface area contributed by atoms with Gasteiger partial charge in [0.15, 0.2) is 0 Å². The fraction of sp³-hybridized carbons (Fsp3) is 0.554. The molecule has 16 heterocycles. The molecule has 137 heavy (non-hydrogen) atoms. The summed E-state index contributed by atoms with van der Waals surface area (Å²) in [5.74, 6) is 5.27. The van der Waals surface area contributed by atoms with Gasteiger partial charge in [-0.05, 0) is 408 Å². The van der Waals surface area contributed by atoms with Gasteiger partial charge in [-0.3, -0.25) is 0 Å². The van der Waals surface area contributed by atoms with Crippen LogP contribution in [0.5, 0.6) is 0 Å². The van der Waals surface area contributed by atoms with E-state index in [2.05, 4.69) is 281 Å². The second-order valence-corrected chi connectivity index (χ2v) is 64.0. The van der Waals surface area contributed by atoms with E-state index in [9.17, 15) is 0 Å². The highest BCUT2D eigenvalue weighted by molar-refractivity contribution is 7.32. The first kappa shape index (κ1) is 103. The maximum absolute atomic E-state index is 2.48. The summed E-state index contributed by atoms with van der Waals surface area (Å²) >= 11 is 32.1. The first-order valence-electron chi connectivity index (χ1n) is 52.7. The van der Waals surface area contributed by atoms with E-state index in [0.29, 0.717) is 16.2 Å². The van der Waals surface area contributed by atoms with Crippen molar-refractivity contribution in [2.24, 2.45) is 27.6 Å². The van der Waals surface area contributed by atoms with Crippen molar-refractivity contribution < 1.29 is 0 Å². The Morgan fingerprint density at radius 2 is 0.496 bits per heavy atom. The van der Waals surface area contributed by atoms with Crippen molar-refractivity contribution in [2.45, 2.75) is 406 Å². The van der Waals surface area contributed by atoms with Crippen molar-refractivity contribution in [2.75, 3.05) is 0 Å². The first-order valence-corrected chi connectivity index (χ1v) is 65.7. The second-order valence-electron chi connectivity index (χ2n) is 45.2. The smallest absolute Gasteiger partial charge is 0.0489 e. The van der Waals surface area contributed by atoms with Gasteiger partial charge >= 0.3 is 0 Å². The molecule has 0 saturated heterocycles. The zero-order valence-electron chi connectivity index (χ0n) is 86.5. The summed E-state index contributed by atoms with van der Waals surface area (Å²) < 4.78 is 24.5. The van der Waals surface area contributed by atoms with Gasteiger partial charge in [0.25, 0.3) is 0 Å².